The topological polar surface area (TPSA) is 92.5 Å². The molecule has 0 saturated carbocycles. The maximum absolute atomic E-state index is 15.2. The van der Waals surface area contributed by atoms with E-state index in [1.807, 2.05) is 30.3 Å². The van der Waals surface area contributed by atoms with Crippen LogP contribution in [0.25, 0.3) is 16.7 Å². The largest absolute Gasteiger partial charge is 0.365 e. The summed E-state index contributed by atoms with van der Waals surface area (Å²) in [5.74, 6) is -5.19. The van der Waals surface area contributed by atoms with Crippen LogP contribution in [0.2, 0.25) is 0 Å². The number of fused-ring (bicyclic) bond motifs is 1. The van der Waals surface area contributed by atoms with E-state index in [9.17, 15) is 14.4 Å². The average molecular weight is 496 g/mol. The molecule has 0 aliphatic carbocycles. The second kappa shape index (κ2) is 9.42. The highest BCUT2D eigenvalue weighted by Crippen LogP contribution is 2.44. The number of benzene rings is 2. The number of para-hydroxylation sites is 1. The Kier molecular flexibility index (Phi) is 6.53. The minimum Gasteiger partial charge on any atom is -0.365 e. The fraction of sp³-hybridized carbons (Fsp3) is 0.192. The van der Waals surface area contributed by atoms with Crippen LogP contribution in [0, 0.1) is 6.92 Å². The van der Waals surface area contributed by atoms with Crippen molar-refractivity contribution in [2.24, 2.45) is 5.73 Å². The zero-order valence-electron chi connectivity index (χ0n) is 19.1. The van der Waals surface area contributed by atoms with Gasteiger partial charge in [0.25, 0.3) is 17.7 Å². The Morgan fingerprint density at radius 1 is 1.06 bits per heavy atom. The summed E-state index contributed by atoms with van der Waals surface area (Å²) in [6, 6.07) is 15.3. The zero-order valence-corrected chi connectivity index (χ0v) is 19.9. The molecular weight excluding hydrogens is 472 g/mol. The first-order chi connectivity index (χ1) is 16.7. The maximum atomic E-state index is 15.2. The molecule has 9 heteroatoms. The zero-order chi connectivity index (χ0) is 25.3. The predicted octanol–water partition coefficient (Wildman–Crippen LogP) is 4.64. The van der Waals surface area contributed by atoms with Crippen LogP contribution in [0.15, 0.2) is 60.7 Å². The van der Waals surface area contributed by atoms with Crippen molar-refractivity contribution in [3.63, 3.8) is 0 Å². The first-order valence-corrected chi connectivity index (χ1v) is 11.7. The second-order valence-electron chi connectivity index (χ2n) is 8.09. The lowest BCUT2D eigenvalue weighted by molar-refractivity contribution is -0.116. The molecule has 0 spiro atoms. The van der Waals surface area contributed by atoms with Gasteiger partial charge in [-0.2, -0.15) is 0 Å². The summed E-state index contributed by atoms with van der Waals surface area (Å²) < 4.78 is 30.4. The fourth-order valence-corrected chi connectivity index (χ4v) is 5.34. The normalized spacial score (nSPS) is 15.9. The molecular formula is C26H23F2N3O3S. The molecule has 3 N–H and O–H groups in total. The van der Waals surface area contributed by atoms with Crippen LogP contribution in [-0.4, -0.2) is 37.2 Å². The van der Waals surface area contributed by atoms with Crippen LogP contribution < -0.4 is 16.0 Å². The maximum Gasteiger partial charge on any atom is 0.275 e. The standard InChI is InChI=1S/C26H23F2N3O3S/c1-15-21(16-8-4-3-5-9-16)23(35-22(15)24(29)33)25(34)31-13-12-26(27,28)18(14-20(32)30-2)17-10-6-7-11-19(17)31/h3-11,14H,12-13H2,1-2H3,(H2,29,33)(H,30,32). The molecule has 3 aromatic rings. The third-order valence-corrected chi connectivity index (χ3v) is 7.22. The number of halogens is 2. The number of anilines is 1. The van der Waals surface area contributed by atoms with Gasteiger partial charge in [-0.05, 0) is 24.1 Å². The van der Waals surface area contributed by atoms with Crippen molar-refractivity contribution < 1.29 is 23.2 Å². The van der Waals surface area contributed by atoms with Crippen LogP contribution in [-0.2, 0) is 4.79 Å². The van der Waals surface area contributed by atoms with Gasteiger partial charge in [0.05, 0.1) is 10.6 Å². The molecule has 0 bridgehead atoms. The van der Waals surface area contributed by atoms with Gasteiger partial charge in [-0.15, -0.1) is 11.3 Å². The van der Waals surface area contributed by atoms with Crippen molar-refractivity contribution >= 4 is 40.3 Å². The molecule has 0 radical (unpaired) electrons. The van der Waals surface area contributed by atoms with Gasteiger partial charge < -0.3 is 16.0 Å². The first-order valence-electron chi connectivity index (χ1n) is 10.9. The van der Waals surface area contributed by atoms with Gasteiger partial charge in [-0.3, -0.25) is 14.4 Å². The third kappa shape index (κ3) is 4.46. The molecule has 0 fully saturated rings. The fourth-order valence-electron chi connectivity index (χ4n) is 4.21. The van der Waals surface area contributed by atoms with E-state index >= 15 is 8.78 Å². The van der Waals surface area contributed by atoms with Crippen LogP contribution in [0.4, 0.5) is 14.5 Å². The molecule has 4 rings (SSSR count). The van der Waals surface area contributed by atoms with Gasteiger partial charge in [-0.25, -0.2) is 8.78 Å². The van der Waals surface area contributed by atoms with E-state index in [0.29, 0.717) is 16.7 Å². The summed E-state index contributed by atoms with van der Waals surface area (Å²) in [5.41, 5.74) is 7.29. The number of nitrogens with two attached hydrogens (primary N) is 1. The van der Waals surface area contributed by atoms with E-state index < -0.39 is 35.6 Å². The molecule has 0 atom stereocenters. The van der Waals surface area contributed by atoms with E-state index in [0.717, 1.165) is 17.4 Å². The number of nitrogens with one attached hydrogen (secondary N) is 1. The van der Waals surface area contributed by atoms with Crippen molar-refractivity contribution in [2.45, 2.75) is 19.3 Å². The molecule has 1 aromatic heterocycles. The smallest absolute Gasteiger partial charge is 0.275 e. The van der Waals surface area contributed by atoms with Crippen molar-refractivity contribution in [3.05, 3.63) is 81.6 Å². The minimum absolute atomic E-state index is 0.0941. The summed E-state index contributed by atoms with van der Waals surface area (Å²) in [5, 5.41) is 2.33. The summed E-state index contributed by atoms with van der Waals surface area (Å²) in [7, 11) is 1.36. The van der Waals surface area contributed by atoms with Crippen molar-refractivity contribution in [1.82, 2.24) is 5.32 Å². The van der Waals surface area contributed by atoms with Gasteiger partial charge in [0.15, 0.2) is 0 Å². The number of nitrogens with zero attached hydrogens (tertiary/aromatic N) is 1. The number of alkyl halides is 2. The monoisotopic (exact) mass is 495 g/mol. The molecule has 0 saturated heterocycles. The van der Waals surface area contributed by atoms with E-state index in [1.165, 1.54) is 18.0 Å². The summed E-state index contributed by atoms with van der Waals surface area (Å²) >= 11 is 0.955. The van der Waals surface area contributed by atoms with Crippen LogP contribution in [0.5, 0.6) is 0 Å². The highest BCUT2D eigenvalue weighted by molar-refractivity contribution is 7.16. The highest BCUT2D eigenvalue weighted by Gasteiger charge is 2.42. The number of rotatable bonds is 4. The molecule has 35 heavy (non-hydrogen) atoms. The SMILES string of the molecule is CNC(=O)C=C1c2ccccc2N(C(=O)c2sc(C(N)=O)c(C)c2-c2ccccc2)CCC1(F)F. The molecule has 2 aromatic carbocycles. The Morgan fingerprint density at radius 2 is 1.71 bits per heavy atom. The third-order valence-electron chi connectivity index (χ3n) is 5.92. The van der Waals surface area contributed by atoms with Crippen molar-refractivity contribution in [2.75, 3.05) is 18.5 Å². The Bertz CT molecular complexity index is 1350. The number of primary amides is 1. The number of amides is 3. The lowest BCUT2D eigenvalue weighted by Crippen LogP contribution is -2.33. The van der Waals surface area contributed by atoms with Crippen LogP contribution in [0.1, 0.15) is 36.9 Å². The molecule has 6 nitrogen and oxygen atoms in total. The molecule has 2 heterocycles. The van der Waals surface area contributed by atoms with Crippen molar-refractivity contribution in [1.29, 1.82) is 0 Å². The summed E-state index contributed by atoms with van der Waals surface area (Å²) in [4.78, 5) is 39.8. The Hall–Kier alpha value is -3.85. The Labute approximate surface area is 205 Å². The number of thiophene rings is 1. The minimum atomic E-state index is -3.34. The van der Waals surface area contributed by atoms with E-state index in [-0.39, 0.29) is 27.5 Å². The van der Waals surface area contributed by atoms with Gasteiger partial charge in [-0.1, -0.05) is 48.5 Å². The van der Waals surface area contributed by atoms with E-state index in [1.54, 1.807) is 25.1 Å². The van der Waals surface area contributed by atoms with E-state index in [2.05, 4.69) is 5.32 Å². The molecule has 3 amide bonds. The Balaban J connectivity index is 1.90. The molecule has 180 valence electrons. The number of likely N-dealkylation sites (N-methyl/N-ethyl adjacent to an activating group) is 1. The van der Waals surface area contributed by atoms with Crippen molar-refractivity contribution in [3.8, 4) is 11.1 Å². The van der Waals surface area contributed by atoms with Gasteiger partial charge in [0, 0.05) is 42.8 Å². The van der Waals surface area contributed by atoms with Gasteiger partial charge >= 0.3 is 0 Å². The second-order valence-corrected chi connectivity index (χ2v) is 9.11. The number of hydrogen-bond donors (Lipinski definition) is 2. The molecule has 1 aliphatic heterocycles. The van der Waals surface area contributed by atoms with Crippen LogP contribution >= 0.6 is 11.3 Å². The predicted molar refractivity (Wildman–Crippen MR) is 133 cm³/mol. The number of carbonyl (C=O) groups excluding carboxylic acids is 3. The van der Waals surface area contributed by atoms with Gasteiger partial charge in [0.2, 0.25) is 5.91 Å². The summed E-state index contributed by atoms with van der Waals surface area (Å²) in [6.45, 7) is 1.43. The Morgan fingerprint density at radius 3 is 2.37 bits per heavy atom. The number of hydrogen-bond acceptors (Lipinski definition) is 4. The number of allylic oxidation sites excluding steroid dienone is 1. The van der Waals surface area contributed by atoms with Crippen LogP contribution in [0.3, 0.4) is 0 Å². The summed E-state index contributed by atoms with van der Waals surface area (Å²) in [6.07, 6.45) is 0.201. The molecule has 1 aliphatic rings. The molecule has 0 unspecified atom stereocenters. The van der Waals surface area contributed by atoms with E-state index in [4.69, 9.17) is 5.73 Å². The van der Waals surface area contributed by atoms with Gasteiger partial charge in [0.1, 0.15) is 4.88 Å². The lowest BCUT2D eigenvalue weighted by Gasteiger charge is -2.23. The average Bonchev–Trinajstić information content (AvgIpc) is 3.15. The highest BCUT2D eigenvalue weighted by atomic mass is 32.1. The quantitative estimate of drug-likeness (QED) is 0.517. The number of carbonyl (C=O) groups is 3. The first kappa shape index (κ1) is 24.3. The lowest BCUT2D eigenvalue weighted by atomic mass is 9.97.